The molecule has 0 aromatic carbocycles. The van der Waals surface area contributed by atoms with Crippen molar-refractivity contribution >= 4 is 17.5 Å². The normalized spacial score (nSPS) is 11.8. The van der Waals surface area contributed by atoms with Crippen molar-refractivity contribution in [1.82, 2.24) is 20.1 Å². The zero-order chi connectivity index (χ0) is 15.9. The highest BCUT2D eigenvalue weighted by molar-refractivity contribution is 5.89. The van der Waals surface area contributed by atoms with Gasteiger partial charge in [-0.05, 0) is 24.1 Å². The molecular weight excluding hydrogens is 280 g/mol. The molecule has 2 rings (SSSR count). The third-order valence-electron chi connectivity index (χ3n) is 3.13. The molecule has 0 saturated carbocycles. The molecule has 7 heteroatoms. The molecule has 0 bridgehead atoms. The maximum Gasteiger partial charge on any atom is 0.319 e. The number of hydrogen-bond acceptors (Lipinski definition) is 4. The maximum atomic E-state index is 11.9. The first-order valence-corrected chi connectivity index (χ1v) is 7.20. The second kappa shape index (κ2) is 7.44. The molecule has 1 atom stereocenters. The van der Waals surface area contributed by atoms with Gasteiger partial charge in [-0.2, -0.15) is 5.10 Å². The summed E-state index contributed by atoms with van der Waals surface area (Å²) < 4.78 is 1.86. The first-order chi connectivity index (χ1) is 10.5. The van der Waals surface area contributed by atoms with E-state index < -0.39 is 0 Å². The molecule has 2 aromatic heterocycles. The summed E-state index contributed by atoms with van der Waals surface area (Å²) in [5.41, 5.74) is 0.669. The molecule has 22 heavy (non-hydrogen) atoms. The van der Waals surface area contributed by atoms with E-state index in [0.717, 1.165) is 12.4 Å². The largest absolute Gasteiger partial charge is 0.363 e. The molecule has 0 fully saturated rings. The van der Waals surface area contributed by atoms with E-state index in [1.165, 1.54) is 0 Å². The van der Waals surface area contributed by atoms with Gasteiger partial charge in [-0.1, -0.05) is 6.92 Å². The van der Waals surface area contributed by atoms with Crippen molar-refractivity contribution < 1.29 is 4.79 Å². The van der Waals surface area contributed by atoms with Crippen molar-refractivity contribution in [2.45, 2.75) is 13.5 Å². The molecular formula is C15H22N6O. The topological polar surface area (TPSA) is 75.1 Å². The van der Waals surface area contributed by atoms with Gasteiger partial charge in [0.15, 0.2) is 0 Å². The number of nitrogens with zero attached hydrogens (tertiary/aromatic N) is 4. The van der Waals surface area contributed by atoms with Gasteiger partial charge in [-0.3, -0.25) is 4.68 Å². The lowest BCUT2D eigenvalue weighted by Gasteiger charge is -2.14. The van der Waals surface area contributed by atoms with Crippen molar-refractivity contribution in [3.8, 4) is 0 Å². The quantitative estimate of drug-likeness (QED) is 0.853. The first kappa shape index (κ1) is 15.8. The second-order valence-corrected chi connectivity index (χ2v) is 5.47. The van der Waals surface area contributed by atoms with Crippen molar-refractivity contribution in [2.75, 3.05) is 30.9 Å². The minimum atomic E-state index is -0.230. The van der Waals surface area contributed by atoms with E-state index in [4.69, 9.17) is 0 Å². The second-order valence-electron chi connectivity index (χ2n) is 5.47. The van der Waals surface area contributed by atoms with Gasteiger partial charge < -0.3 is 15.5 Å². The van der Waals surface area contributed by atoms with Crippen LogP contribution in [0.2, 0.25) is 0 Å². The molecule has 0 saturated heterocycles. The van der Waals surface area contributed by atoms with Crippen molar-refractivity contribution in [1.29, 1.82) is 0 Å². The minimum Gasteiger partial charge on any atom is -0.363 e. The molecule has 0 aliphatic carbocycles. The predicted molar refractivity (Wildman–Crippen MR) is 87.0 cm³/mol. The lowest BCUT2D eigenvalue weighted by atomic mass is 10.2. The van der Waals surface area contributed by atoms with E-state index in [0.29, 0.717) is 18.2 Å². The zero-order valence-corrected chi connectivity index (χ0v) is 13.2. The molecule has 2 heterocycles. The fraction of sp³-hybridized carbons (Fsp3) is 0.400. The van der Waals surface area contributed by atoms with Crippen LogP contribution >= 0.6 is 0 Å². The lowest BCUT2D eigenvalue weighted by Crippen LogP contribution is -2.33. The molecule has 2 amide bonds. The summed E-state index contributed by atoms with van der Waals surface area (Å²) in [5, 5.41) is 9.77. The van der Waals surface area contributed by atoms with Crippen LogP contribution in [0.25, 0.3) is 0 Å². The van der Waals surface area contributed by atoms with Gasteiger partial charge in [-0.25, -0.2) is 9.78 Å². The average molecular weight is 302 g/mol. The number of rotatable bonds is 6. The molecule has 0 spiro atoms. The number of aromatic nitrogens is 3. The Bertz CT molecular complexity index is 579. The number of amides is 2. The predicted octanol–water partition coefficient (Wildman–Crippen LogP) is 1.80. The molecule has 0 unspecified atom stereocenters. The Morgan fingerprint density at radius 1 is 1.41 bits per heavy atom. The van der Waals surface area contributed by atoms with Crippen LogP contribution in [0, 0.1) is 5.92 Å². The summed E-state index contributed by atoms with van der Waals surface area (Å²) in [7, 11) is 3.84. The summed E-state index contributed by atoms with van der Waals surface area (Å²) in [6.07, 6.45) is 5.30. The van der Waals surface area contributed by atoms with Crippen molar-refractivity contribution in [3.05, 3.63) is 36.8 Å². The van der Waals surface area contributed by atoms with Crippen LogP contribution in [0.15, 0.2) is 36.8 Å². The Kier molecular flexibility index (Phi) is 5.35. The van der Waals surface area contributed by atoms with Crippen LogP contribution in [0.3, 0.4) is 0 Å². The smallest absolute Gasteiger partial charge is 0.319 e. The van der Waals surface area contributed by atoms with Crippen molar-refractivity contribution in [3.63, 3.8) is 0 Å². The SMILES string of the molecule is C[C@@H](CNC(=O)Nc1ccc(N(C)C)nc1)Cn1cccn1. The third-order valence-corrected chi connectivity index (χ3v) is 3.13. The standard InChI is InChI=1S/C15H22N6O/c1-12(11-21-8-4-7-18-21)9-17-15(22)19-13-5-6-14(16-10-13)20(2)3/h4-8,10,12H,9,11H2,1-3H3,(H2,17,19,22)/t12-/m0/s1. The fourth-order valence-corrected chi connectivity index (χ4v) is 1.96. The molecule has 2 N–H and O–H groups in total. The van der Waals surface area contributed by atoms with Gasteiger partial charge in [0.05, 0.1) is 11.9 Å². The average Bonchev–Trinajstić information content (AvgIpc) is 2.98. The van der Waals surface area contributed by atoms with E-state index in [2.05, 4.69) is 27.6 Å². The van der Waals surface area contributed by atoms with Crippen LogP contribution in [0.1, 0.15) is 6.92 Å². The van der Waals surface area contributed by atoms with Crippen LogP contribution in [0.4, 0.5) is 16.3 Å². The Hall–Kier alpha value is -2.57. The monoisotopic (exact) mass is 302 g/mol. The highest BCUT2D eigenvalue weighted by Crippen LogP contribution is 2.11. The van der Waals surface area contributed by atoms with Gasteiger partial charge in [-0.15, -0.1) is 0 Å². The number of carbonyl (C=O) groups excluding carboxylic acids is 1. The van der Waals surface area contributed by atoms with Gasteiger partial charge in [0, 0.05) is 39.6 Å². The van der Waals surface area contributed by atoms with E-state index in [9.17, 15) is 4.79 Å². The number of nitrogens with one attached hydrogen (secondary N) is 2. The lowest BCUT2D eigenvalue weighted by molar-refractivity contribution is 0.249. The molecule has 2 aromatic rings. The molecule has 118 valence electrons. The Morgan fingerprint density at radius 3 is 2.82 bits per heavy atom. The van der Waals surface area contributed by atoms with Gasteiger partial charge >= 0.3 is 6.03 Å². The van der Waals surface area contributed by atoms with Gasteiger partial charge in [0.2, 0.25) is 0 Å². The Balaban J connectivity index is 1.75. The van der Waals surface area contributed by atoms with Crippen LogP contribution in [0.5, 0.6) is 0 Å². The Morgan fingerprint density at radius 2 is 2.23 bits per heavy atom. The minimum absolute atomic E-state index is 0.230. The highest BCUT2D eigenvalue weighted by atomic mass is 16.2. The van der Waals surface area contributed by atoms with Crippen LogP contribution in [-0.4, -0.2) is 41.4 Å². The van der Waals surface area contributed by atoms with E-state index in [1.807, 2.05) is 48.1 Å². The fourth-order valence-electron chi connectivity index (χ4n) is 1.96. The van der Waals surface area contributed by atoms with E-state index in [1.54, 1.807) is 12.4 Å². The highest BCUT2D eigenvalue weighted by Gasteiger charge is 2.07. The number of carbonyl (C=O) groups is 1. The summed E-state index contributed by atoms with van der Waals surface area (Å²) in [4.78, 5) is 18.0. The number of hydrogen-bond donors (Lipinski definition) is 2. The number of anilines is 2. The van der Waals surface area contributed by atoms with Crippen molar-refractivity contribution in [2.24, 2.45) is 5.92 Å². The number of pyridine rings is 1. The number of urea groups is 1. The van der Waals surface area contributed by atoms with E-state index in [-0.39, 0.29) is 6.03 Å². The van der Waals surface area contributed by atoms with E-state index >= 15 is 0 Å². The van der Waals surface area contributed by atoms with Crippen LogP contribution < -0.4 is 15.5 Å². The first-order valence-electron chi connectivity index (χ1n) is 7.20. The molecule has 0 radical (unpaired) electrons. The third kappa shape index (κ3) is 4.76. The molecule has 0 aliphatic heterocycles. The Labute approximate surface area is 130 Å². The summed E-state index contributed by atoms with van der Waals surface area (Å²) in [5.74, 6) is 1.14. The maximum absolute atomic E-state index is 11.9. The summed E-state index contributed by atoms with van der Waals surface area (Å²) >= 11 is 0. The zero-order valence-electron chi connectivity index (χ0n) is 13.2. The molecule has 0 aliphatic rings. The summed E-state index contributed by atoms with van der Waals surface area (Å²) in [6, 6.07) is 5.34. The molecule has 7 nitrogen and oxygen atoms in total. The van der Waals surface area contributed by atoms with Crippen LogP contribution in [-0.2, 0) is 6.54 Å². The van der Waals surface area contributed by atoms with Gasteiger partial charge in [0.1, 0.15) is 5.82 Å². The van der Waals surface area contributed by atoms with Gasteiger partial charge in [0.25, 0.3) is 0 Å². The summed E-state index contributed by atoms with van der Waals surface area (Å²) in [6.45, 7) is 3.41.